The van der Waals surface area contributed by atoms with Gasteiger partial charge in [0, 0.05) is 39.9 Å². The zero-order valence-electron chi connectivity index (χ0n) is 23.4. The molecule has 200 valence electrons. The first-order chi connectivity index (χ1) is 20.2. The lowest BCUT2D eigenvalue weighted by atomic mass is 9.89. The number of hydrogen-bond acceptors (Lipinski definition) is 3. The molecule has 1 aliphatic rings. The van der Waals surface area contributed by atoms with Crippen molar-refractivity contribution in [2.45, 2.75) is 32.7 Å². The molecule has 1 aliphatic heterocycles. The van der Waals surface area contributed by atoms with Gasteiger partial charge in [-0.3, -0.25) is 4.98 Å². The standard InChI is InChI=1S/C38H32N2O/c1-3-26-22-35(40-24-33(26)27-11-5-4-6-12-27)30-14-8-7-13-28(30)21-29-18-19-32-31-15-9-10-16-36(31)41-38(32)37(29)34-20-17-25(2)23-39-34/h4-20,22-24,34,39H,3,21H2,1-2H3. The van der Waals surface area contributed by atoms with Gasteiger partial charge in [-0.15, -0.1) is 0 Å². The first-order valence-corrected chi connectivity index (χ1v) is 14.4. The van der Waals surface area contributed by atoms with E-state index < -0.39 is 0 Å². The maximum absolute atomic E-state index is 6.54. The summed E-state index contributed by atoms with van der Waals surface area (Å²) in [6.07, 6.45) is 10.3. The van der Waals surface area contributed by atoms with Crippen LogP contribution in [0.25, 0.3) is 44.3 Å². The molecule has 3 heterocycles. The maximum atomic E-state index is 6.54. The fourth-order valence-electron chi connectivity index (χ4n) is 6.04. The normalized spacial score (nSPS) is 14.8. The highest BCUT2D eigenvalue weighted by molar-refractivity contribution is 6.06. The van der Waals surface area contributed by atoms with Crippen molar-refractivity contribution in [2.24, 2.45) is 0 Å². The molecular formula is C38H32N2O. The SMILES string of the molecule is CCc1cc(-c2ccccc2Cc2ccc3c(oc4ccccc43)c2C2C=CC(C)=CN2)ncc1-c1ccccc1. The summed E-state index contributed by atoms with van der Waals surface area (Å²) in [7, 11) is 0. The van der Waals surface area contributed by atoms with Gasteiger partial charge < -0.3 is 9.73 Å². The molecule has 6 aromatic rings. The average molecular weight is 533 g/mol. The monoisotopic (exact) mass is 532 g/mol. The van der Waals surface area contributed by atoms with Gasteiger partial charge in [0.2, 0.25) is 0 Å². The lowest BCUT2D eigenvalue weighted by Gasteiger charge is -2.22. The molecular weight excluding hydrogens is 500 g/mol. The molecule has 7 rings (SSSR count). The predicted molar refractivity (Wildman–Crippen MR) is 170 cm³/mol. The van der Waals surface area contributed by atoms with Crippen LogP contribution in [0.4, 0.5) is 0 Å². The van der Waals surface area contributed by atoms with Crippen LogP contribution in [-0.2, 0) is 12.8 Å². The van der Waals surface area contributed by atoms with Gasteiger partial charge in [-0.1, -0.05) is 104 Å². The van der Waals surface area contributed by atoms with Gasteiger partial charge in [-0.25, -0.2) is 0 Å². The summed E-state index contributed by atoms with van der Waals surface area (Å²) in [6, 6.07) is 34.3. The number of aromatic nitrogens is 1. The lowest BCUT2D eigenvalue weighted by molar-refractivity contribution is 0.645. The highest BCUT2D eigenvalue weighted by atomic mass is 16.3. The number of nitrogens with zero attached hydrogens (tertiary/aromatic N) is 1. The van der Waals surface area contributed by atoms with Gasteiger partial charge in [0.1, 0.15) is 11.2 Å². The second-order valence-corrected chi connectivity index (χ2v) is 10.8. The van der Waals surface area contributed by atoms with Gasteiger partial charge >= 0.3 is 0 Å². The number of rotatable bonds is 6. The second-order valence-electron chi connectivity index (χ2n) is 10.8. The minimum atomic E-state index is 0.0279. The third kappa shape index (κ3) is 4.64. The Labute approximate surface area is 240 Å². The van der Waals surface area contributed by atoms with Crippen molar-refractivity contribution in [1.82, 2.24) is 10.3 Å². The molecule has 3 heteroatoms. The fraction of sp³-hybridized carbons (Fsp3) is 0.132. The molecule has 3 nitrogen and oxygen atoms in total. The molecule has 1 N–H and O–H groups in total. The summed E-state index contributed by atoms with van der Waals surface area (Å²) in [5.41, 5.74) is 12.7. The largest absolute Gasteiger partial charge is 0.456 e. The Morgan fingerprint density at radius 3 is 2.41 bits per heavy atom. The van der Waals surface area contributed by atoms with E-state index in [2.05, 4.69) is 129 Å². The van der Waals surface area contributed by atoms with E-state index >= 15 is 0 Å². The molecule has 0 spiro atoms. The Balaban J connectivity index is 1.34. The summed E-state index contributed by atoms with van der Waals surface area (Å²) in [4.78, 5) is 4.99. The van der Waals surface area contributed by atoms with E-state index in [0.29, 0.717) is 0 Å². The number of hydrogen-bond donors (Lipinski definition) is 1. The second kappa shape index (κ2) is 10.6. The van der Waals surface area contributed by atoms with Crippen LogP contribution in [0, 0.1) is 0 Å². The van der Waals surface area contributed by atoms with E-state index in [1.54, 1.807) is 0 Å². The minimum Gasteiger partial charge on any atom is -0.456 e. The number of pyridine rings is 1. The smallest absolute Gasteiger partial charge is 0.141 e. The molecule has 0 bridgehead atoms. The van der Waals surface area contributed by atoms with Crippen molar-refractivity contribution < 1.29 is 4.42 Å². The van der Waals surface area contributed by atoms with Crippen LogP contribution < -0.4 is 5.32 Å². The number of furan rings is 1. The number of benzene rings is 4. The van der Waals surface area contributed by atoms with E-state index in [1.165, 1.54) is 44.5 Å². The van der Waals surface area contributed by atoms with Crippen LogP contribution in [-0.4, -0.2) is 4.98 Å². The van der Waals surface area contributed by atoms with Gasteiger partial charge in [-0.2, -0.15) is 0 Å². The van der Waals surface area contributed by atoms with Gasteiger partial charge in [-0.05, 0) is 59.7 Å². The molecule has 1 unspecified atom stereocenters. The first kappa shape index (κ1) is 25.1. The molecule has 0 saturated heterocycles. The zero-order chi connectivity index (χ0) is 27.8. The molecule has 4 aromatic carbocycles. The van der Waals surface area contributed by atoms with Crippen molar-refractivity contribution in [3.63, 3.8) is 0 Å². The highest BCUT2D eigenvalue weighted by Gasteiger charge is 2.22. The number of aryl methyl sites for hydroxylation is 1. The molecule has 2 aromatic heterocycles. The molecule has 0 aliphatic carbocycles. The fourth-order valence-corrected chi connectivity index (χ4v) is 6.04. The average Bonchev–Trinajstić information content (AvgIpc) is 3.40. The summed E-state index contributed by atoms with van der Waals surface area (Å²) >= 11 is 0. The quantitative estimate of drug-likeness (QED) is 0.232. The third-order valence-electron chi connectivity index (χ3n) is 8.16. The van der Waals surface area contributed by atoms with Crippen molar-refractivity contribution in [1.29, 1.82) is 0 Å². The number of nitrogens with one attached hydrogen (secondary N) is 1. The van der Waals surface area contributed by atoms with Crippen molar-refractivity contribution in [3.05, 3.63) is 149 Å². The molecule has 0 fully saturated rings. The Morgan fingerprint density at radius 1 is 0.780 bits per heavy atom. The van der Waals surface area contributed by atoms with E-state index in [9.17, 15) is 0 Å². The van der Waals surface area contributed by atoms with Crippen LogP contribution in [0.1, 0.15) is 42.1 Å². The molecule has 0 radical (unpaired) electrons. The summed E-state index contributed by atoms with van der Waals surface area (Å²) < 4.78 is 6.54. The molecule has 41 heavy (non-hydrogen) atoms. The number of dihydropyridines is 1. The Morgan fingerprint density at radius 2 is 1.59 bits per heavy atom. The first-order valence-electron chi connectivity index (χ1n) is 14.4. The topological polar surface area (TPSA) is 38.1 Å². The minimum absolute atomic E-state index is 0.0279. The van der Waals surface area contributed by atoms with Crippen LogP contribution in [0.3, 0.4) is 0 Å². The zero-order valence-corrected chi connectivity index (χ0v) is 23.4. The molecule has 0 saturated carbocycles. The van der Waals surface area contributed by atoms with Crippen molar-refractivity contribution in [3.8, 4) is 22.4 Å². The summed E-state index contributed by atoms with van der Waals surface area (Å²) in [6.45, 7) is 4.33. The summed E-state index contributed by atoms with van der Waals surface area (Å²) in [5.74, 6) is 0. The maximum Gasteiger partial charge on any atom is 0.141 e. The highest BCUT2D eigenvalue weighted by Crippen LogP contribution is 2.38. The number of para-hydroxylation sites is 1. The van der Waals surface area contributed by atoms with Crippen LogP contribution in [0.2, 0.25) is 0 Å². The van der Waals surface area contributed by atoms with Crippen molar-refractivity contribution in [2.75, 3.05) is 0 Å². The molecule has 0 amide bonds. The van der Waals surface area contributed by atoms with Gasteiger partial charge in [0.25, 0.3) is 0 Å². The number of allylic oxidation sites excluding steroid dienone is 2. The van der Waals surface area contributed by atoms with Gasteiger partial charge in [0.15, 0.2) is 0 Å². The lowest BCUT2D eigenvalue weighted by Crippen LogP contribution is -2.18. The molecule has 1 atom stereocenters. The Bertz CT molecular complexity index is 1940. The van der Waals surface area contributed by atoms with E-state index in [1.807, 2.05) is 12.3 Å². The summed E-state index contributed by atoms with van der Waals surface area (Å²) in [5, 5.41) is 5.91. The third-order valence-corrected chi connectivity index (χ3v) is 8.16. The van der Waals surface area contributed by atoms with Gasteiger partial charge in [0.05, 0.1) is 11.7 Å². The van der Waals surface area contributed by atoms with Crippen LogP contribution in [0.15, 0.2) is 132 Å². The van der Waals surface area contributed by atoms with E-state index in [0.717, 1.165) is 40.5 Å². The van der Waals surface area contributed by atoms with Crippen LogP contribution >= 0.6 is 0 Å². The predicted octanol–water partition coefficient (Wildman–Crippen LogP) is 9.57. The van der Waals surface area contributed by atoms with E-state index in [-0.39, 0.29) is 6.04 Å². The van der Waals surface area contributed by atoms with E-state index in [4.69, 9.17) is 9.40 Å². The Hall–Kier alpha value is -4.89. The van der Waals surface area contributed by atoms with Crippen LogP contribution in [0.5, 0.6) is 0 Å². The number of fused-ring (bicyclic) bond motifs is 3. The Kier molecular flexibility index (Phi) is 6.48. The van der Waals surface area contributed by atoms with Crippen molar-refractivity contribution >= 4 is 21.9 Å².